The predicted octanol–water partition coefficient (Wildman–Crippen LogP) is 3.98. The summed E-state index contributed by atoms with van der Waals surface area (Å²) in [5.74, 6) is 0.750. The predicted molar refractivity (Wildman–Crippen MR) is 87.3 cm³/mol. The Morgan fingerprint density at radius 3 is 2.75 bits per heavy atom. The van der Waals surface area contributed by atoms with E-state index in [1.807, 2.05) is 0 Å². The minimum atomic E-state index is 0.527. The third-order valence-corrected chi connectivity index (χ3v) is 4.51. The molecule has 2 atom stereocenters. The van der Waals surface area contributed by atoms with E-state index in [4.69, 9.17) is 0 Å². The number of piperidine rings is 1. The molecular formula is C18H24N2. The molecule has 1 heterocycles. The van der Waals surface area contributed by atoms with Crippen LogP contribution < -0.4 is 5.32 Å². The molecule has 2 nitrogen and oxygen atoms in total. The molecule has 3 rings (SSSR count). The van der Waals surface area contributed by atoms with E-state index in [-0.39, 0.29) is 0 Å². The summed E-state index contributed by atoms with van der Waals surface area (Å²) in [6.45, 7) is 4.78. The zero-order chi connectivity index (χ0) is 13.9. The first kappa shape index (κ1) is 13.4. The van der Waals surface area contributed by atoms with Crippen molar-refractivity contribution in [2.45, 2.75) is 25.8 Å². The van der Waals surface area contributed by atoms with Crippen LogP contribution in [-0.4, -0.2) is 31.1 Å². The summed E-state index contributed by atoms with van der Waals surface area (Å²) in [7, 11) is 2.23. The lowest BCUT2D eigenvalue weighted by atomic mass is 9.91. The van der Waals surface area contributed by atoms with Crippen LogP contribution in [0.4, 0.5) is 5.69 Å². The number of nitrogens with zero attached hydrogens (tertiary/aromatic N) is 1. The van der Waals surface area contributed by atoms with Crippen molar-refractivity contribution in [3.63, 3.8) is 0 Å². The van der Waals surface area contributed by atoms with Gasteiger partial charge in [0.15, 0.2) is 0 Å². The van der Waals surface area contributed by atoms with E-state index < -0.39 is 0 Å². The second-order valence-corrected chi connectivity index (χ2v) is 6.16. The van der Waals surface area contributed by atoms with Crippen molar-refractivity contribution in [2.24, 2.45) is 5.92 Å². The van der Waals surface area contributed by atoms with Crippen LogP contribution in [0.5, 0.6) is 0 Å². The van der Waals surface area contributed by atoms with Gasteiger partial charge in [-0.15, -0.1) is 0 Å². The van der Waals surface area contributed by atoms with Crippen LogP contribution in [0.2, 0.25) is 0 Å². The molecule has 1 fully saturated rings. The number of rotatable bonds is 3. The van der Waals surface area contributed by atoms with Gasteiger partial charge < -0.3 is 10.2 Å². The average Bonchev–Trinajstić information content (AvgIpc) is 2.47. The maximum Gasteiger partial charge on any atom is 0.0348 e. The summed E-state index contributed by atoms with van der Waals surface area (Å²) in [5.41, 5.74) is 1.24. The number of hydrogen-bond acceptors (Lipinski definition) is 2. The standard InChI is InChI=1S/C18H24N2/c1-14(17-8-5-11-20(2)13-17)19-18-10-9-15-6-3-4-7-16(15)12-18/h3-4,6-7,9-10,12,14,17,19H,5,8,11,13H2,1-2H3. The van der Waals surface area contributed by atoms with Gasteiger partial charge in [-0.1, -0.05) is 30.3 Å². The van der Waals surface area contributed by atoms with Gasteiger partial charge >= 0.3 is 0 Å². The largest absolute Gasteiger partial charge is 0.382 e. The molecule has 0 saturated carbocycles. The molecule has 0 radical (unpaired) electrons. The van der Waals surface area contributed by atoms with E-state index in [9.17, 15) is 0 Å². The summed E-state index contributed by atoms with van der Waals surface area (Å²) >= 11 is 0. The molecule has 0 aliphatic carbocycles. The lowest BCUT2D eigenvalue weighted by Crippen LogP contribution is -2.39. The summed E-state index contributed by atoms with van der Waals surface area (Å²) < 4.78 is 0. The fraction of sp³-hybridized carbons (Fsp3) is 0.444. The maximum atomic E-state index is 3.70. The third-order valence-electron chi connectivity index (χ3n) is 4.51. The first-order valence-corrected chi connectivity index (χ1v) is 7.66. The van der Waals surface area contributed by atoms with Crippen molar-refractivity contribution >= 4 is 16.5 Å². The Balaban J connectivity index is 1.71. The Morgan fingerprint density at radius 1 is 1.15 bits per heavy atom. The first-order chi connectivity index (χ1) is 9.72. The van der Waals surface area contributed by atoms with Crippen LogP contribution in [0.3, 0.4) is 0 Å². The third kappa shape index (κ3) is 2.96. The molecular weight excluding hydrogens is 244 g/mol. The second-order valence-electron chi connectivity index (χ2n) is 6.16. The van der Waals surface area contributed by atoms with E-state index >= 15 is 0 Å². The highest BCUT2D eigenvalue weighted by molar-refractivity contribution is 5.85. The van der Waals surface area contributed by atoms with Crippen molar-refractivity contribution in [2.75, 3.05) is 25.5 Å². The molecule has 0 amide bonds. The molecule has 1 saturated heterocycles. The van der Waals surface area contributed by atoms with Crippen LogP contribution in [0.15, 0.2) is 42.5 Å². The van der Waals surface area contributed by atoms with Gasteiger partial charge in [0.2, 0.25) is 0 Å². The van der Waals surface area contributed by atoms with Crippen LogP contribution in [0, 0.1) is 5.92 Å². The molecule has 2 unspecified atom stereocenters. The molecule has 1 aliphatic heterocycles. The Kier molecular flexibility index (Phi) is 3.93. The zero-order valence-corrected chi connectivity index (χ0v) is 12.5. The van der Waals surface area contributed by atoms with E-state index in [1.54, 1.807) is 0 Å². The molecule has 1 N–H and O–H groups in total. The minimum absolute atomic E-state index is 0.527. The van der Waals surface area contributed by atoms with Crippen LogP contribution in [0.25, 0.3) is 10.8 Å². The van der Waals surface area contributed by atoms with E-state index in [0.29, 0.717) is 6.04 Å². The van der Waals surface area contributed by atoms with Gasteiger partial charge in [-0.3, -0.25) is 0 Å². The number of fused-ring (bicyclic) bond motifs is 1. The molecule has 106 valence electrons. The molecule has 2 aromatic carbocycles. The Labute approximate surface area is 121 Å². The SMILES string of the molecule is CC(Nc1ccc2ccccc2c1)C1CCCN(C)C1. The van der Waals surface area contributed by atoms with Crippen LogP contribution >= 0.6 is 0 Å². The van der Waals surface area contributed by atoms with Gasteiger partial charge in [-0.25, -0.2) is 0 Å². The number of anilines is 1. The molecule has 0 spiro atoms. The topological polar surface area (TPSA) is 15.3 Å². The van der Waals surface area contributed by atoms with Gasteiger partial charge in [0, 0.05) is 18.3 Å². The van der Waals surface area contributed by atoms with Crippen molar-refractivity contribution in [3.05, 3.63) is 42.5 Å². The zero-order valence-electron chi connectivity index (χ0n) is 12.5. The van der Waals surface area contributed by atoms with Gasteiger partial charge in [0.05, 0.1) is 0 Å². The molecule has 0 aromatic heterocycles. The van der Waals surface area contributed by atoms with E-state index in [1.165, 1.54) is 42.4 Å². The van der Waals surface area contributed by atoms with Crippen LogP contribution in [-0.2, 0) is 0 Å². The molecule has 2 aromatic rings. The molecule has 1 aliphatic rings. The lowest BCUT2D eigenvalue weighted by molar-refractivity contribution is 0.197. The molecule has 0 bridgehead atoms. The highest BCUT2D eigenvalue weighted by atomic mass is 15.1. The lowest BCUT2D eigenvalue weighted by Gasteiger charge is -2.34. The van der Waals surface area contributed by atoms with Gasteiger partial charge in [0.1, 0.15) is 0 Å². The molecule has 20 heavy (non-hydrogen) atoms. The Hall–Kier alpha value is -1.54. The van der Waals surface area contributed by atoms with Gasteiger partial charge in [-0.2, -0.15) is 0 Å². The van der Waals surface area contributed by atoms with Gasteiger partial charge in [0.25, 0.3) is 0 Å². The smallest absolute Gasteiger partial charge is 0.0348 e. The summed E-state index contributed by atoms with van der Waals surface area (Å²) in [4.78, 5) is 2.45. The monoisotopic (exact) mass is 268 g/mol. The highest BCUT2D eigenvalue weighted by Crippen LogP contribution is 2.24. The maximum absolute atomic E-state index is 3.70. The second kappa shape index (κ2) is 5.84. The van der Waals surface area contributed by atoms with E-state index in [2.05, 4.69) is 66.7 Å². The van der Waals surface area contributed by atoms with Crippen LogP contribution in [0.1, 0.15) is 19.8 Å². The molecule has 2 heteroatoms. The van der Waals surface area contributed by atoms with Gasteiger partial charge in [-0.05, 0) is 62.2 Å². The fourth-order valence-electron chi connectivity index (χ4n) is 3.27. The van der Waals surface area contributed by atoms with E-state index in [0.717, 1.165) is 5.92 Å². The average molecular weight is 268 g/mol. The van der Waals surface area contributed by atoms with Crippen molar-refractivity contribution in [1.82, 2.24) is 4.90 Å². The number of likely N-dealkylation sites (tertiary alicyclic amines) is 1. The van der Waals surface area contributed by atoms with Crippen molar-refractivity contribution in [3.8, 4) is 0 Å². The summed E-state index contributed by atoms with van der Waals surface area (Å²) in [5, 5.41) is 6.32. The Morgan fingerprint density at radius 2 is 1.95 bits per heavy atom. The number of benzene rings is 2. The summed E-state index contributed by atoms with van der Waals surface area (Å²) in [6.07, 6.45) is 2.66. The van der Waals surface area contributed by atoms with Crippen molar-refractivity contribution in [1.29, 1.82) is 0 Å². The quantitative estimate of drug-likeness (QED) is 0.905. The Bertz CT molecular complexity index is 578. The number of nitrogens with one attached hydrogen (secondary N) is 1. The normalized spacial score (nSPS) is 21.8. The summed E-state index contributed by atoms with van der Waals surface area (Å²) in [6, 6.07) is 15.7. The van der Waals surface area contributed by atoms with Crippen molar-refractivity contribution < 1.29 is 0 Å². The fourth-order valence-corrected chi connectivity index (χ4v) is 3.27. The highest BCUT2D eigenvalue weighted by Gasteiger charge is 2.22. The first-order valence-electron chi connectivity index (χ1n) is 7.66. The minimum Gasteiger partial charge on any atom is -0.382 e. The number of hydrogen-bond donors (Lipinski definition) is 1.